The Kier molecular flexibility index (Phi) is 3.42. The van der Waals surface area contributed by atoms with Gasteiger partial charge < -0.3 is 5.32 Å². The molecule has 2 heterocycles. The summed E-state index contributed by atoms with van der Waals surface area (Å²) < 4.78 is 1.82. The first-order valence-electron chi connectivity index (χ1n) is 5.23. The second-order valence-corrected chi connectivity index (χ2v) is 5.74. The van der Waals surface area contributed by atoms with Crippen molar-refractivity contribution < 1.29 is 0 Å². The number of aromatic amines is 1. The van der Waals surface area contributed by atoms with Crippen LogP contribution in [0.5, 0.6) is 0 Å². The standard InChI is InChI=1S/C11H6Br2ClN5/c12-6-2-1-3-7(13)8(6)16-9-5-4-15-19-10(5)18-11(14)17-9/h1-4H,(H2,15,16,17,18,19). The summed E-state index contributed by atoms with van der Waals surface area (Å²) in [4.78, 5) is 8.25. The highest BCUT2D eigenvalue weighted by molar-refractivity contribution is 9.11. The van der Waals surface area contributed by atoms with E-state index in [1.54, 1.807) is 6.20 Å². The zero-order valence-electron chi connectivity index (χ0n) is 9.28. The van der Waals surface area contributed by atoms with Crippen LogP contribution in [-0.4, -0.2) is 20.2 Å². The van der Waals surface area contributed by atoms with Gasteiger partial charge in [-0.2, -0.15) is 15.1 Å². The molecule has 0 unspecified atom stereocenters. The molecule has 3 rings (SSSR count). The van der Waals surface area contributed by atoms with Crippen LogP contribution in [-0.2, 0) is 0 Å². The fourth-order valence-corrected chi connectivity index (χ4v) is 3.00. The van der Waals surface area contributed by atoms with Crippen molar-refractivity contribution in [1.29, 1.82) is 0 Å². The highest BCUT2D eigenvalue weighted by Crippen LogP contribution is 2.34. The minimum Gasteiger partial charge on any atom is -0.338 e. The average molecular weight is 403 g/mol. The summed E-state index contributed by atoms with van der Waals surface area (Å²) >= 11 is 12.9. The van der Waals surface area contributed by atoms with Gasteiger partial charge in [0.25, 0.3) is 0 Å². The fraction of sp³-hybridized carbons (Fsp3) is 0. The second kappa shape index (κ2) is 5.07. The number of para-hydroxylation sites is 1. The lowest BCUT2D eigenvalue weighted by Gasteiger charge is -2.10. The Bertz CT molecular complexity index is 738. The van der Waals surface area contributed by atoms with Crippen molar-refractivity contribution in [2.75, 3.05) is 5.32 Å². The van der Waals surface area contributed by atoms with E-state index in [1.165, 1.54) is 0 Å². The lowest BCUT2D eigenvalue weighted by Crippen LogP contribution is -1.98. The summed E-state index contributed by atoms with van der Waals surface area (Å²) in [5.41, 5.74) is 1.45. The van der Waals surface area contributed by atoms with Gasteiger partial charge in [0.15, 0.2) is 5.65 Å². The summed E-state index contributed by atoms with van der Waals surface area (Å²) in [5.74, 6) is 0.594. The molecule has 3 aromatic rings. The van der Waals surface area contributed by atoms with Gasteiger partial charge in [0.2, 0.25) is 5.28 Å². The second-order valence-electron chi connectivity index (χ2n) is 3.70. The molecule has 0 radical (unpaired) electrons. The van der Waals surface area contributed by atoms with Crippen molar-refractivity contribution in [1.82, 2.24) is 20.2 Å². The van der Waals surface area contributed by atoms with Crippen LogP contribution in [0, 0.1) is 0 Å². The summed E-state index contributed by atoms with van der Waals surface area (Å²) in [5, 5.41) is 10.9. The summed E-state index contributed by atoms with van der Waals surface area (Å²) in [7, 11) is 0. The highest BCUT2D eigenvalue weighted by Gasteiger charge is 2.11. The molecule has 0 aliphatic heterocycles. The Morgan fingerprint density at radius 2 is 1.89 bits per heavy atom. The van der Waals surface area contributed by atoms with Crippen molar-refractivity contribution in [3.63, 3.8) is 0 Å². The number of hydrogen-bond acceptors (Lipinski definition) is 4. The third-order valence-electron chi connectivity index (χ3n) is 2.49. The summed E-state index contributed by atoms with van der Waals surface area (Å²) in [6, 6.07) is 5.80. The van der Waals surface area contributed by atoms with Crippen LogP contribution in [0.25, 0.3) is 11.0 Å². The van der Waals surface area contributed by atoms with Gasteiger partial charge in [-0.15, -0.1) is 0 Å². The third kappa shape index (κ3) is 2.45. The van der Waals surface area contributed by atoms with E-state index >= 15 is 0 Å². The Morgan fingerprint density at radius 3 is 2.63 bits per heavy atom. The SMILES string of the molecule is Clc1nc(Nc2c(Br)cccc2Br)c2cn[nH]c2n1. The Balaban J connectivity index is 2.13. The first-order chi connectivity index (χ1) is 9.15. The first-order valence-corrected chi connectivity index (χ1v) is 7.19. The van der Waals surface area contributed by atoms with E-state index in [-0.39, 0.29) is 5.28 Å². The van der Waals surface area contributed by atoms with Gasteiger partial charge in [0, 0.05) is 8.95 Å². The van der Waals surface area contributed by atoms with E-state index in [0.717, 1.165) is 20.0 Å². The summed E-state index contributed by atoms with van der Waals surface area (Å²) in [6.07, 6.45) is 1.65. The van der Waals surface area contributed by atoms with Crippen molar-refractivity contribution in [2.45, 2.75) is 0 Å². The smallest absolute Gasteiger partial charge is 0.226 e. The normalized spacial score (nSPS) is 10.9. The van der Waals surface area contributed by atoms with Crippen molar-refractivity contribution in [3.05, 3.63) is 38.6 Å². The maximum atomic E-state index is 5.89. The van der Waals surface area contributed by atoms with E-state index < -0.39 is 0 Å². The molecule has 0 spiro atoms. The lowest BCUT2D eigenvalue weighted by molar-refractivity contribution is 1.09. The van der Waals surface area contributed by atoms with Crippen LogP contribution in [0.1, 0.15) is 0 Å². The zero-order chi connectivity index (χ0) is 13.4. The molecular formula is C11H6Br2ClN5. The zero-order valence-corrected chi connectivity index (χ0v) is 13.2. The molecular weight excluding hydrogens is 397 g/mol. The number of anilines is 2. The van der Waals surface area contributed by atoms with E-state index in [0.29, 0.717) is 11.5 Å². The molecule has 0 amide bonds. The topological polar surface area (TPSA) is 66.5 Å². The quantitative estimate of drug-likeness (QED) is 0.627. The van der Waals surface area contributed by atoms with Gasteiger partial charge in [-0.3, -0.25) is 5.10 Å². The highest BCUT2D eigenvalue weighted by atomic mass is 79.9. The van der Waals surface area contributed by atoms with Crippen LogP contribution in [0.2, 0.25) is 5.28 Å². The molecule has 0 saturated heterocycles. The Hall–Kier alpha value is -1.18. The maximum Gasteiger partial charge on any atom is 0.226 e. The van der Waals surface area contributed by atoms with Crippen LogP contribution in [0.3, 0.4) is 0 Å². The first kappa shape index (κ1) is 12.8. The number of hydrogen-bond donors (Lipinski definition) is 2. The largest absolute Gasteiger partial charge is 0.338 e. The summed E-state index contributed by atoms with van der Waals surface area (Å²) in [6.45, 7) is 0. The molecule has 0 atom stereocenters. The number of rotatable bonds is 2. The predicted octanol–water partition coefficient (Wildman–Crippen LogP) is 4.27. The fourth-order valence-electron chi connectivity index (χ4n) is 1.64. The minimum absolute atomic E-state index is 0.155. The predicted molar refractivity (Wildman–Crippen MR) is 81.8 cm³/mol. The molecule has 96 valence electrons. The Morgan fingerprint density at radius 1 is 1.16 bits per heavy atom. The number of halogens is 3. The number of aromatic nitrogens is 4. The Labute approximate surface area is 130 Å². The molecule has 0 bridgehead atoms. The molecule has 0 fully saturated rings. The number of benzene rings is 1. The van der Waals surface area contributed by atoms with Crippen LogP contribution < -0.4 is 5.32 Å². The molecule has 2 N–H and O–H groups in total. The number of nitrogens with one attached hydrogen (secondary N) is 2. The molecule has 0 saturated carbocycles. The minimum atomic E-state index is 0.155. The van der Waals surface area contributed by atoms with E-state index in [2.05, 4.69) is 57.3 Å². The monoisotopic (exact) mass is 401 g/mol. The number of H-pyrrole nitrogens is 1. The van der Waals surface area contributed by atoms with Crippen LogP contribution >= 0.6 is 43.5 Å². The van der Waals surface area contributed by atoms with Crippen molar-refractivity contribution in [2.24, 2.45) is 0 Å². The van der Waals surface area contributed by atoms with E-state index in [9.17, 15) is 0 Å². The molecule has 0 aliphatic rings. The van der Waals surface area contributed by atoms with Gasteiger partial charge in [-0.1, -0.05) is 6.07 Å². The third-order valence-corrected chi connectivity index (χ3v) is 3.98. The van der Waals surface area contributed by atoms with Gasteiger partial charge in [-0.05, 0) is 55.6 Å². The molecule has 1 aromatic carbocycles. The van der Waals surface area contributed by atoms with Crippen molar-refractivity contribution >= 4 is 66.0 Å². The van der Waals surface area contributed by atoms with Crippen molar-refractivity contribution in [3.8, 4) is 0 Å². The maximum absolute atomic E-state index is 5.89. The van der Waals surface area contributed by atoms with Gasteiger partial charge in [-0.25, -0.2) is 0 Å². The molecule has 2 aromatic heterocycles. The van der Waals surface area contributed by atoms with E-state index in [4.69, 9.17) is 11.6 Å². The van der Waals surface area contributed by atoms with Gasteiger partial charge in [0.1, 0.15) is 5.82 Å². The van der Waals surface area contributed by atoms with Gasteiger partial charge >= 0.3 is 0 Å². The molecule has 8 heteroatoms. The lowest BCUT2D eigenvalue weighted by atomic mass is 10.3. The average Bonchev–Trinajstić information content (AvgIpc) is 2.81. The van der Waals surface area contributed by atoms with Gasteiger partial charge in [0.05, 0.1) is 17.3 Å². The molecule has 0 aliphatic carbocycles. The van der Waals surface area contributed by atoms with Crippen LogP contribution in [0.4, 0.5) is 11.5 Å². The van der Waals surface area contributed by atoms with E-state index in [1.807, 2.05) is 18.2 Å². The molecule has 19 heavy (non-hydrogen) atoms. The van der Waals surface area contributed by atoms with Crippen LogP contribution in [0.15, 0.2) is 33.3 Å². The number of nitrogens with zero attached hydrogens (tertiary/aromatic N) is 3. The number of fused-ring (bicyclic) bond motifs is 1. The molecule has 5 nitrogen and oxygen atoms in total.